The van der Waals surface area contributed by atoms with Crippen LogP contribution in [0.25, 0.3) is 0 Å². The lowest BCUT2D eigenvalue weighted by Gasteiger charge is -2.27. The molecule has 0 aromatic rings. The quantitative estimate of drug-likeness (QED) is 0.0580. The van der Waals surface area contributed by atoms with E-state index in [0.717, 1.165) is 0 Å². The molecule has 0 aliphatic heterocycles. The molecule has 0 saturated carbocycles. The smallest absolute Gasteiger partial charge is 0.326 e. The Labute approximate surface area is 196 Å². The molecule has 0 rings (SSSR count). The van der Waals surface area contributed by atoms with Crippen molar-refractivity contribution in [1.29, 1.82) is 0 Å². The van der Waals surface area contributed by atoms with Gasteiger partial charge in [-0.1, -0.05) is 20.3 Å². The number of nitrogens with two attached hydrogens (primary N) is 3. The number of carbonyl (C=O) groups is 5. The molecule has 15 heteroatoms. The van der Waals surface area contributed by atoms with Gasteiger partial charge >= 0.3 is 11.9 Å². The van der Waals surface area contributed by atoms with Crippen molar-refractivity contribution in [2.24, 2.45) is 28.1 Å². The zero-order valence-corrected chi connectivity index (χ0v) is 19.2. The molecular formula is C19H35N7O8. The highest BCUT2D eigenvalue weighted by Crippen LogP contribution is 2.10. The number of carboxylic acid groups (broad SMARTS) is 2. The van der Waals surface area contributed by atoms with Crippen molar-refractivity contribution in [1.82, 2.24) is 16.0 Å². The van der Waals surface area contributed by atoms with E-state index in [1.54, 1.807) is 13.8 Å². The van der Waals surface area contributed by atoms with Crippen molar-refractivity contribution < 1.29 is 39.3 Å². The molecule has 3 amide bonds. The van der Waals surface area contributed by atoms with Crippen molar-refractivity contribution in [3.8, 4) is 0 Å². The van der Waals surface area contributed by atoms with Crippen LogP contribution in [0.5, 0.6) is 0 Å². The summed E-state index contributed by atoms with van der Waals surface area (Å²) in [6.45, 7) is 2.86. The number of aliphatic hydroxyl groups excluding tert-OH is 1. The van der Waals surface area contributed by atoms with Gasteiger partial charge in [0.05, 0.1) is 13.0 Å². The van der Waals surface area contributed by atoms with Gasteiger partial charge in [-0.15, -0.1) is 0 Å². The standard InChI is InChI=1S/C19H35N7O8/c1-3-9(2)14(17(32)25-12(18(33)34)7-13(28)29)26-16(31)11(5-4-6-23-19(21)22)24-15(30)10(20)8-27/h9-12,14,27H,3-8,20H2,1-2H3,(H,24,30)(H,25,32)(H,26,31)(H,28,29)(H,33,34)(H4,21,22,23). The van der Waals surface area contributed by atoms with Crippen LogP contribution in [0, 0.1) is 5.92 Å². The van der Waals surface area contributed by atoms with Gasteiger partial charge in [-0.25, -0.2) is 4.79 Å². The lowest BCUT2D eigenvalue weighted by atomic mass is 9.97. The van der Waals surface area contributed by atoms with Gasteiger partial charge in [-0.2, -0.15) is 0 Å². The van der Waals surface area contributed by atoms with Crippen molar-refractivity contribution in [2.75, 3.05) is 13.2 Å². The van der Waals surface area contributed by atoms with E-state index in [1.165, 1.54) is 0 Å². The summed E-state index contributed by atoms with van der Waals surface area (Å²) < 4.78 is 0. The van der Waals surface area contributed by atoms with Gasteiger partial charge in [0, 0.05) is 6.54 Å². The highest BCUT2D eigenvalue weighted by atomic mass is 16.4. The minimum atomic E-state index is -1.70. The van der Waals surface area contributed by atoms with Crippen LogP contribution in [0.1, 0.15) is 39.5 Å². The summed E-state index contributed by atoms with van der Waals surface area (Å²) in [4.78, 5) is 63.8. The maximum absolute atomic E-state index is 12.9. The molecule has 0 aromatic carbocycles. The molecule has 0 bridgehead atoms. The van der Waals surface area contributed by atoms with Gasteiger partial charge in [0.2, 0.25) is 17.7 Å². The van der Waals surface area contributed by atoms with Crippen LogP contribution in [-0.2, 0) is 24.0 Å². The van der Waals surface area contributed by atoms with Crippen LogP contribution in [-0.4, -0.2) is 88.3 Å². The molecule has 0 saturated heterocycles. The van der Waals surface area contributed by atoms with Crippen molar-refractivity contribution >= 4 is 35.6 Å². The fraction of sp³-hybridized carbons (Fsp3) is 0.684. The van der Waals surface area contributed by atoms with Crippen LogP contribution < -0.4 is 33.2 Å². The number of aliphatic hydroxyl groups is 1. The molecular weight excluding hydrogens is 454 g/mol. The number of amides is 3. The highest BCUT2D eigenvalue weighted by Gasteiger charge is 2.33. The van der Waals surface area contributed by atoms with Crippen molar-refractivity contribution in [3.05, 3.63) is 0 Å². The summed E-state index contributed by atoms with van der Waals surface area (Å²) in [5.41, 5.74) is 16.0. The topological polar surface area (TPSA) is 273 Å². The van der Waals surface area contributed by atoms with Crippen LogP contribution in [0.3, 0.4) is 0 Å². The molecule has 0 aliphatic carbocycles. The number of aliphatic carboxylic acids is 2. The number of nitrogens with one attached hydrogen (secondary N) is 3. The number of nitrogens with zero attached hydrogens (tertiary/aromatic N) is 1. The maximum atomic E-state index is 12.9. The molecule has 15 nitrogen and oxygen atoms in total. The van der Waals surface area contributed by atoms with Crippen LogP contribution in [0.15, 0.2) is 4.99 Å². The first-order valence-electron chi connectivity index (χ1n) is 10.6. The van der Waals surface area contributed by atoms with Crippen molar-refractivity contribution in [2.45, 2.75) is 63.7 Å². The van der Waals surface area contributed by atoms with Gasteiger partial charge in [0.15, 0.2) is 5.96 Å². The molecule has 194 valence electrons. The Balaban J connectivity index is 5.60. The zero-order valence-electron chi connectivity index (χ0n) is 19.2. The predicted octanol–water partition coefficient (Wildman–Crippen LogP) is -3.58. The second kappa shape index (κ2) is 15.4. The molecule has 12 N–H and O–H groups in total. The number of carbonyl (C=O) groups excluding carboxylic acids is 3. The van der Waals surface area contributed by atoms with Gasteiger partial charge in [0.25, 0.3) is 0 Å². The third-order valence-corrected chi connectivity index (χ3v) is 4.90. The van der Waals surface area contributed by atoms with Crippen molar-refractivity contribution in [3.63, 3.8) is 0 Å². The van der Waals surface area contributed by atoms with E-state index < -0.39 is 72.8 Å². The molecule has 34 heavy (non-hydrogen) atoms. The molecule has 0 aliphatic rings. The molecule has 5 atom stereocenters. The van der Waals surface area contributed by atoms with E-state index in [-0.39, 0.29) is 25.3 Å². The molecule has 0 heterocycles. The monoisotopic (exact) mass is 489 g/mol. The van der Waals surface area contributed by atoms with Gasteiger partial charge in [-0.3, -0.25) is 24.2 Å². The minimum absolute atomic E-state index is 0.0537. The Morgan fingerprint density at radius 3 is 2.00 bits per heavy atom. The third-order valence-electron chi connectivity index (χ3n) is 4.90. The van der Waals surface area contributed by atoms with Gasteiger partial charge in [-0.05, 0) is 18.8 Å². The Morgan fingerprint density at radius 1 is 0.941 bits per heavy atom. The largest absolute Gasteiger partial charge is 0.481 e. The Kier molecular flexibility index (Phi) is 13.8. The number of guanidine groups is 1. The Bertz CT molecular complexity index is 757. The predicted molar refractivity (Wildman–Crippen MR) is 120 cm³/mol. The van der Waals surface area contributed by atoms with Crippen LogP contribution in [0.2, 0.25) is 0 Å². The first kappa shape index (κ1) is 30.5. The third kappa shape index (κ3) is 11.4. The van der Waals surface area contributed by atoms with E-state index in [9.17, 15) is 29.1 Å². The van der Waals surface area contributed by atoms with E-state index in [1.807, 2.05) is 0 Å². The fourth-order valence-electron chi connectivity index (χ4n) is 2.73. The molecule has 5 unspecified atom stereocenters. The summed E-state index contributed by atoms with van der Waals surface area (Å²) in [6.07, 6.45) is -0.126. The first-order valence-corrected chi connectivity index (χ1v) is 10.6. The van der Waals surface area contributed by atoms with Crippen LogP contribution in [0.4, 0.5) is 0 Å². The van der Waals surface area contributed by atoms with Crippen LogP contribution >= 0.6 is 0 Å². The molecule has 0 aromatic heterocycles. The normalized spacial score (nSPS) is 15.1. The number of hydrogen-bond donors (Lipinski definition) is 9. The molecule has 0 radical (unpaired) electrons. The summed E-state index contributed by atoms with van der Waals surface area (Å²) in [5, 5.41) is 34.1. The van der Waals surface area contributed by atoms with Gasteiger partial charge in [0.1, 0.15) is 24.2 Å². The summed E-state index contributed by atoms with van der Waals surface area (Å²) >= 11 is 0. The van der Waals surface area contributed by atoms with Gasteiger partial charge < -0.3 is 48.5 Å². The van der Waals surface area contributed by atoms with E-state index in [2.05, 4.69) is 20.9 Å². The highest BCUT2D eigenvalue weighted by molar-refractivity contribution is 5.94. The minimum Gasteiger partial charge on any atom is -0.481 e. The Morgan fingerprint density at radius 2 is 1.53 bits per heavy atom. The molecule has 0 spiro atoms. The summed E-state index contributed by atoms with van der Waals surface area (Å²) in [5.74, 6) is -6.08. The number of aliphatic imine (C=N–C) groups is 1. The van der Waals surface area contributed by atoms with E-state index >= 15 is 0 Å². The fourth-order valence-corrected chi connectivity index (χ4v) is 2.73. The second-order valence-corrected chi connectivity index (χ2v) is 7.67. The zero-order chi connectivity index (χ0) is 26.4. The number of rotatable bonds is 16. The molecule has 0 fully saturated rings. The maximum Gasteiger partial charge on any atom is 0.326 e. The number of hydrogen-bond acceptors (Lipinski definition) is 8. The average molecular weight is 490 g/mol. The SMILES string of the molecule is CCC(C)C(NC(=O)C(CCCN=C(N)N)NC(=O)C(N)CO)C(=O)NC(CC(=O)O)C(=O)O. The Hall–Kier alpha value is -3.46. The van der Waals surface area contributed by atoms with E-state index in [0.29, 0.717) is 6.42 Å². The second-order valence-electron chi connectivity index (χ2n) is 7.67. The number of carboxylic acids is 2. The summed E-state index contributed by atoms with van der Waals surface area (Å²) in [6, 6.07) is -5.38. The summed E-state index contributed by atoms with van der Waals surface area (Å²) in [7, 11) is 0. The van der Waals surface area contributed by atoms with E-state index in [4.69, 9.17) is 27.4 Å². The first-order chi connectivity index (χ1) is 15.8. The lowest BCUT2D eigenvalue weighted by molar-refractivity contribution is -0.147. The average Bonchev–Trinajstić information content (AvgIpc) is 2.76. The lowest BCUT2D eigenvalue weighted by Crippen LogP contribution is -2.59.